The van der Waals surface area contributed by atoms with E-state index in [4.69, 9.17) is 21.4 Å². The quantitative estimate of drug-likeness (QED) is 0.836. The minimum atomic E-state index is -0.952. The van der Waals surface area contributed by atoms with Crippen molar-refractivity contribution in [2.24, 2.45) is 5.92 Å². The van der Waals surface area contributed by atoms with Crippen LogP contribution in [-0.4, -0.2) is 30.1 Å². The van der Waals surface area contributed by atoms with Crippen LogP contribution >= 0.6 is 11.6 Å². The molecule has 0 aliphatic heterocycles. The van der Waals surface area contributed by atoms with Gasteiger partial charge in [0.25, 0.3) is 5.91 Å². The number of carboxylic acid groups (broad SMARTS) is 1. The van der Waals surface area contributed by atoms with Crippen molar-refractivity contribution in [2.75, 3.05) is 13.2 Å². The highest BCUT2D eigenvalue weighted by molar-refractivity contribution is 6.31. The molecule has 2 N–H and O–H groups in total. The van der Waals surface area contributed by atoms with E-state index in [0.717, 1.165) is 5.56 Å². The van der Waals surface area contributed by atoms with Crippen LogP contribution < -0.4 is 10.1 Å². The molecule has 1 aromatic carbocycles. The van der Waals surface area contributed by atoms with Crippen LogP contribution in [0.25, 0.3) is 0 Å². The summed E-state index contributed by atoms with van der Waals surface area (Å²) in [6.07, 6.45) is 0. The molecule has 0 aromatic heterocycles. The Morgan fingerprint density at radius 3 is 2.79 bits per heavy atom. The zero-order valence-electron chi connectivity index (χ0n) is 10.8. The van der Waals surface area contributed by atoms with Gasteiger partial charge in [-0.1, -0.05) is 24.6 Å². The Kier molecular flexibility index (Phi) is 5.63. The number of carbonyl (C=O) groups is 2. The van der Waals surface area contributed by atoms with Gasteiger partial charge in [0, 0.05) is 17.1 Å². The van der Waals surface area contributed by atoms with E-state index in [-0.39, 0.29) is 19.1 Å². The smallest absolute Gasteiger partial charge is 0.308 e. The number of hydrogen-bond donors (Lipinski definition) is 2. The lowest BCUT2D eigenvalue weighted by molar-refractivity contribution is -0.141. The van der Waals surface area contributed by atoms with E-state index in [9.17, 15) is 9.59 Å². The third-order valence-corrected chi connectivity index (χ3v) is 3.01. The highest BCUT2D eigenvalue weighted by Gasteiger charge is 2.12. The lowest BCUT2D eigenvalue weighted by atomic mass is 10.2. The monoisotopic (exact) mass is 285 g/mol. The molecule has 0 aliphatic rings. The second-order valence-electron chi connectivity index (χ2n) is 4.20. The molecule has 1 unspecified atom stereocenters. The average Bonchev–Trinajstić information content (AvgIpc) is 2.37. The molecule has 104 valence electrons. The molecule has 19 heavy (non-hydrogen) atoms. The van der Waals surface area contributed by atoms with Gasteiger partial charge in [0.2, 0.25) is 0 Å². The Morgan fingerprint density at radius 1 is 1.47 bits per heavy atom. The van der Waals surface area contributed by atoms with Gasteiger partial charge < -0.3 is 15.2 Å². The summed E-state index contributed by atoms with van der Waals surface area (Å²) in [5, 5.41) is 11.7. The summed E-state index contributed by atoms with van der Waals surface area (Å²) in [7, 11) is 0. The first-order valence-corrected chi connectivity index (χ1v) is 6.17. The molecule has 5 nitrogen and oxygen atoms in total. The highest BCUT2D eigenvalue weighted by Crippen LogP contribution is 2.24. The van der Waals surface area contributed by atoms with Crippen LogP contribution in [-0.2, 0) is 9.59 Å². The van der Waals surface area contributed by atoms with Gasteiger partial charge in [0.15, 0.2) is 6.61 Å². The predicted octanol–water partition coefficient (Wildman–Crippen LogP) is 1.86. The van der Waals surface area contributed by atoms with Gasteiger partial charge in [0.05, 0.1) is 5.92 Å². The van der Waals surface area contributed by atoms with Crippen molar-refractivity contribution in [3.8, 4) is 5.75 Å². The first kappa shape index (κ1) is 15.3. The fraction of sp³-hybridized carbons (Fsp3) is 0.385. The molecule has 0 heterocycles. The van der Waals surface area contributed by atoms with Crippen molar-refractivity contribution >= 4 is 23.5 Å². The molecule has 0 spiro atoms. The maximum absolute atomic E-state index is 11.5. The fourth-order valence-electron chi connectivity index (χ4n) is 1.29. The number of rotatable bonds is 6. The van der Waals surface area contributed by atoms with Crippen molar-refractivity contribution in [3.05, 3.63) is 28.8 Å². The predicted molar refractivity (Wildman–Crippen MR) is 71.5 cm³/mol. The molecular weight excluding hydrogens is 270 g/mol. The van der Waals surface area contributed by atoms with Gasteiger partial charge in [-0.3, -0.25) is 9.59 Å². The van der Waals surface area contributed by atoms with Crippen molar-refractivity contribution in [1.29, 1.82) is 0 Å². The molecule has 0 saturated heterocycles. The van der Waals surface area contributed by atoms with Gasteiger partial charge in [-0.05, 0) is 19.1 Å². The van der Waals surface area contributed by atoms with Crippen molar-refractivity contribution in [3.63, 3.8) is 0 Å². The van der Waals surface area contributed by atoms with Crippen LogP contribution in [0.4, 0.5) is 0 Å². The number of amides is 1. The summed E-state index contributed by atoms with van der Waals surface area (Å²) in [6, 6.07) is 5.18. The van der Waals surface area contributed by atoms with Crippen LogP contribution in [0.5, 0.6) is 5.75 Å². The van der Waals surface area contributed by atoms with Gasteiger partial charge in [0.1, 0.15) is 5.75 Å². The lowest BCUT2D eigenvalue weighted by Gasteiger charge is -2.11. The summed E-state index contributed by atoms with van der Waals surface area (Å²) in [5.74, 6) is -1.41. The summed E-state index contributed by atoms with van der Waals surface area (Å²) in [5.41, 5.74) is 0.760. The molecule has 1 rings (SSSR count). The molecular formula is C13H16ClNO4. The maximum atomic E-state index is 11.5. The van der Waals surface area contributed by atoms with Crippen molar-refractivity contribution in [1.82, 2.24) is 5.32 Å². The normalized spacial score (nSPS) is 11.7. The zero-order chi connectivity index (χ0) is 14.4. The van der Waals surface area contributed by atoms with E-state index in [1.807, 2.05) is 0 Å². The molecule has 1 amide bonds. The fourth-order valence-corrected chi connectivity index (χ4v) is 1.46. The zero-order valence-corrected chi connectivity index (χ0v) is 11.5. The number of benzene rings is 1. The Morgan fingerprint density at radius 2 is 2.16 bits per heavy atom. The second-order valence-corrected chi connectivity index (χ2v) is 4.60. The van der Waals surface area contributed by atoms with Gasteiger partial charge in [-0.2, -0.15) is 0 Å². The van der Waals surface area contributed by atoms with Gasteiger partial charge >= 0.3 is 5.97 Å². The average molecular weight is 286 g/mol. The molecule has 0 saturated carbocycles. The van der Waals surface area contributed by atoms with Crippen LogP contribution in [0, 0.1) is 12.8 Å². The summed E-state index contributed by atoms with van der Waals surface area (Å²) < 4.78 is 5.33. The van der Waals surface area contributed by atoms with E-state index >= 15 is 0 Å². The van der Waals surface area contributed by atoms with Crippen molar-refractivity contribution in [2.45, 2.75) is 13.8 Å². The SMILES string of the molecule is Cc1c(Cl)cccc1OCC(=O)NCC(C)C(=O)O. The number of ether oxygens (including phenoxy) is 1. The van der Waals surface area contributed by atoms with E-state index in [1.54, 1.807) is 25.1 Å². The number of halogens is 1. The molecule has 0 bridgehead atoms. The molecule has 0 fully saturated rings. The topological polar surface area (TPSA) is 75.6 Å². The summed E-state index contributed by atoms with van der Waals surface area (Å²) in [6.45, 7) is 3.21. The van der Waals surface area contributed by atoms with Crippen LogP contribution in [0.1, 0.15) is 12.5 Å². The summed E-state index contributed by atoms with van der Waals surface area (Å²) in [4.78, 5) is 22.1. The minimum Gasteiger partial charge on any atom is -0.483 e. The number of carboxylic acids is 1. The number of nitrogens with one attached hydrogen (secondary N) is 1. The molecule has 0 radical (unpaired) electrons. The van der Waals surface area contributed by atoms with E-state index in [1.165, 1.54) is 6.92 Å². The molecule has 0 aliphatic carbocycles. The third kappa shape index (κ3) is 4.79. The Hall–Kier alpha value is -1.75. The number of hydrogen-bond acceptors (Lipinski definition) is 3. The molecule has 6 heteroatoms. The van der Waals surface area contributed by atoms with Crippen LogP contribution in [0.2, 0.25) is 5.02 Å². The lowest BCUT2D eigenvalue weighted by Crippen LogP contribution is -2.34. The molecule has 1 aromatic rings. The number of carbonyl (C=O) groups excluding carboxylic acids is 1. The minimum absolute atomic E-state index is 0.0755. The van der Waals surface area contributed by atoms with E-state index in [0.29, 0.717) is 10.8 Å². The first-order chi connectivity index (χ1) is 8.91. The highest BCUT2D eigenvalue weighted by atomic mass is 35.5. The largest absolute Gasteiger partial charge is 0.483 e. The van der Waals surface area contributed by atoms with E-state index < -0.39 is 11.9 Å². The van der Waals surface area contributed by atoms with E-state index in [2.05, 4.69) is 5.32 Å². The number of aliphatic carboxylic acids is 1. The second kappa shape index (κ2) is 6.99. The standard InChI is InChI=1S/C13H16ClNO4/c1-8(13(17)18)6-15-12(16)7-19-11-5-3-4-10(14)9(11)2/h3-5,8H,6-7H2,1-2H3,(H,15,16)(H,17,18). The van der Waals surface area contributed by atoms with Crippen molar-refractivity contribution < 1.29 is 19.4 Å². The Balaban J connectivity index is 2.42. The van der Waals surface area contributed by atoms with Gasteiger partial charge in [-0.15, -0.1) is 0 Å². The molecule has 1 atom stereocenters. The maximum Gasteiger partial charge on any atom is 0.308 e. The Labute approximate surface area is 116 Å². The van der Waals surface area contributed by atoms with Crippen LogP contribution in [0.3, 0.4) is 0 Å². The van der Waals surface area contributed by atoms with Gasteiger partial charge in [-0.25, -0.2) is 0 Å². The third-order valence-electron chi connectivity index (χ3n) is 2.60. The Bertz CT molecular complexity index is 476. The summed E-state index contributed by atoms with van der Waals surface area (Å²) >= 11 is 5.92. The van der Waals surface area contributed by atoms with Crippen LogP contribution in [0.15, 0.2) is 18.2 Å². The first-order valence-electron chi connectivity index (χ1n) is 5.79.